The van der Waals surface area contributed by atoms with Crippen LogP contribution >= 0.6 is 0 Å². The SMILES string of the molecule is CC(CC=O)c1ccc2c(c1)N(C)CCN2C. The average Bonchev–Trinajstić information content (AvgIpc) is 2.34. The Hall–Kier alpha value is -1.51. The number of benzene rings is 1. The van der Waals surface area contributed by atoms with Gasteiger partial charge in [-0.2, -0.15) is 0 Å². The summed E-state index contributed by atoms with van der Waals surface area (Å²) < 4.78 is 0. The summed E-state index contributed by atoms with van der Waals surface area (Å²) in [5, 5.41) is 0. The van der Waals surface area contributed by atoms with Crippen LogP contribution in [0.5, 0.6) is 0 Å². The number of likely N-dealkylation sites (N-methyl/N-ethyl adjacent to an activating group) is 2. The van der Waals surface area contributed by atoms with Crippen LogP contribution in [0, 0.1) is 0 Å². The van der Waals surface area contributed by atoms with Crippen molar-refractivity contribution in [2.75, 3.05) is 37.0 Å². The largest absolute Gasteiger partial charge is 0.371 e. The molecule has 0 spiro atoms. The number of carbonyl (C=O) groups is 1. The Kier molecular flexibility index (Phi) is 3.36. The Morgan fingerprint density at radius 1 is 1.24 bits per heavy atom. The molecule has 0 aromatic heterocycles. The summed E-state index contributed by atoms with van der Waals surface area (Å²) in [7, 11) is 4.25. The molecular weight excluding hydrogens is 212 g/mol. The van der Waals surface area contributed by atoms with E-state index in [1.54, 1.807) is 0 Å². The van der Waals surface area contributed by atoms with E-state index in [-0.39, 0.29) is 0 Å². The lowest BCUT2D eigenvalue weighted by atomic mass is 9.96. The third-order valence-corrected chi connectivity index (χ3v) is 3.61. The van der Waals surface area contributed by atoms with Crippen molar-refractivity contribution in [2.45, 2.75) is 19.3 Å². The number of aldehydes is 1. The number of rotatable bonds is 3. The average molecular weight is 232 g/mol. The van der Waals surface area contributed by atoms with E-state index in [2.05, 4.69) is 49.0 Å². The molecule has 0 aliphatic carbocycles. The first-order valence-corrected chi connectivity index (χ1v) is 6.13. The second-order valence-corrected chi connectivity index (χ2v) is 4.89. The zero-order valence-electron chi connectivity index (χ0n) is 10.8. The van der Waals surface area contributed by atoms with Gasteiger partial charge < -0.3 is 14.6 Å². The van der Waals surface area contributed by atoms with Gasteiger partial charge in [-0.05, 0) is 23.6 Å². The fraction of sp³-hybridized carbons (Fsp3) is 0.500. The monoisotopic (exact) mass is 232 g/mol. The van der Waals surface area contributed by atoms with E-state index in [1.165, 1.54) is 16.9 Å². The Balaban J connectivity index is 2.35. The maximum absolute atomic E-state index is 10.6. The molecule has 3 heteroatoms. The highest BCUT2D eigenvalue weighted by molar-refractivity contribution is 5.74. The smallest absolute Gasteiger partial charge is 0.120 e. The van der Waals surface area contributed by atoms with Crippen LogP contribution in [0.3, 0.4) is 0 Å². The van der Waals surface area contributed by atoms with Crippen LogP contribution in [0.25, 0.3) is 0 Å². The lowest BCUT2D eigenvalue weighted by Crippen LogP contribution is -2.36. The number of hydrogen-bond donors (Lipinski definition) is 0. The molecule has 2 rings (SSSR count). The van der Waals surface area contributed by atoms with Crippen LogP contribution in [0.1, 0.15) is 24.8 Å². The summed E-state index contributed by atoms with van der Waals surface area (Å²) in [5.74, 6) is 0.304. The van der Waals surface area contributed by atoms with Crippen molar-refractivity contribution in [3.05, 3.63) is 23.8 Å². The van der Waals surface area contributed by atoms with E-state index in [4.69, 9.17) is 0 Å². The fourth-order valence-corrected chi connectivity index (χ4v) is 2.30. The molecule has 1 atom stereocenters. The quantitative estimate of drug-likeness (QED) is 0.747. The molecule has 1 aromatic rings. The molecule has 0 amide bonds. The summed E-state index contributed by atoms with van der Waals surface area (Å²) in [6, 6.07) is 6.53. The molecule has 0 saturated carbocycles. The van der Waals surface area contributed by atoms with Crippen molar-refractivity contribution in [3.63, 3.8) is 0 Å². The van der Waals surface area contributed by atoms with E-state index in [0.717, 1.165) is 19.4 Å². The van der Waals surface area contributed by atoms with Crippen LogP contribution in [0.4, 0.5) is 11.4 Å². The molecule has 0 fully saturated rings. The van der Waals surface area contributed by atoms with Crippen molar-refractivity contribution in [2.24, 2.45) is 0 Å². The van der Waals surface area contributed by atoms with Gasteiger partial charge in [0.25, 0.3) is 0 Å². The van der Waals surface area contributed by atoms with Crippen molar-refractivity contribution in [1.29, 1.82) is 0 Å². The van der Waals surface area contributed by atoms with Gasteiger partial charge in [0.05, 0.1) is 11.4 Å². The first-order valence-electron chi connectivity index (χ1n) is 6.13. The number of nitrogens with zero attached hydrogens (tertiary/aromatic N) is 2. The minimum Gasteiger partial charge on any atom is -0.371 e. The van der Waals surface area contributed by atoms with Gasteiger partial charge in [-0.15, -0.1) is 0 Å². The molecule has 1 unspecified atom stereocenters. The topological polar surface area (TPSA) is 23.6 Å². The summed E-state index contributed by atoms with van der Waals surface area (Å²) in [4.78, 5) is 15.1. The summed E-state index contributed by atoms with van der Waals surface area (Å²) in [6.45, 7) is 4.21. The van der Waals surface area contributed by atoms with Crippen LogP contribution in [0.15, 0.2) is 18.2 Å². The van der Waals surface area contributed by atoms with Crippen LogP contribution < -0.4 is 9.80 Å². The zero-order chi connectivity index (χ0) is 12.4. The molecule has 0 N–H and O–H groups in total. The second kappa shape index (κ2) is 4.78. The molecule has 0 radical (unpaired) electrons. The molecule has 1 heterocycles. The highest BCUT2D eigenvalue weighted by Gasteiger charge is 2.18. The fourth-order valence-electron chi connectivity index (χ4n) is 2.30. The highest BCUT2D eigenvalue weighted by Crippen LogP contribution is 2.34. The maximum atomic E-state index is 10.6. The van der Waals surface area contributed by atoms with Crippen LogP contribution in [-0.4, -0.2) is 33.5 Å². The molecule has 1 aromatic carbocycles. The predicted octanol–water partition coefficient (Wildman–Crippen LogP) is 2.27. The zero-order valence-corrected chi connectivity index (χ0v) is 10.8. The van der Waals surface area contributed by atoms with Crippen molar-refractivity contribution in [1.82, 2.24) is 0 Å². The molecule has 92 valence electrons. The summed E-state index contributed by atoms with van der Waals surface area (Å²) in [5.41, 5.74) is 3.80. The summed E-state index contributed by atoms with van der Waals surface area (Å²) >= 11 is 0. The molecule has 1 aliphatic rings. The summed E-state index contributed by atoms with van der Waals surface area (Å²) in [6.07, 6.45) is 1.60. The van der Waals surface area contributed by atoms with Gasteiger partial charge in [-0.1, -0.05) is 13.0 Å². The number of carbonyl (C=O) groups excluding carboxylic acids is 1. The molecule has 0 saturated heterocycles. The van der Waals surface area contributed by atoms with Gasteiger partial charge >= 0.3 is 0 Å². The predicted molar refractivity (Wildman–Crippen MR) is 72.1 cm³/mol. The third-order valence-electron chi connectivity index (χ3n) is 3.61. The highest BCUT2D eigenvalue weighted by atomic mass is 16.1. The van der Waals surface area contributed by atoms with Gasteiger partial charge in [-0.3, -0.25) is 0 Å². The first-order chi connectivity index (χ1) is 8.13. The Labute approximate surface area is 103 Å². The maximum Gasteiger partial charge on any atom is 0.120 e. The van der Waals surface area contributed by atoms with Gasteiger partial charge in [0.2, 0.25) is 0 Å². The van der Waals surface area contributed by atoms with Crippen LogP contribution in [-0.2, 0) is 4.79 Å². The lowest BCUT2D eigenvalue weighted by molar-refractivity contribution is -0.108. The van der Waals surface area contributed by atoms with Gasteiger partial charge in [0, 0.05) is 33.6 Å². The molecule has 1 aliphatic heterocycles. The van der Waals surface area contributed by atoms with Gasteiger partial charge in [0.1, 0.15) is 6.29 Å². The third kappa shape index (κ3) is 2.28. The van der Waals surface area contributed by atoms with Gasteiger partial charge in [-0.25, -0.2) is 0 Å². The minimum atomic E-state index is 0.304. The van der Waals surface area contributed by atoms with Crippen molar-refractivity contribution >= 4 is 17.7 Å². The Bertz CT molecular complexity index is 417. The van der Waals surface area contributed by atoms with E-state index in [1.807, 2.05) is 0 Å². The number of fused-ring (bicyclic) bond motifs is 1. The van der Waals surface area contributed by atoms with Crippen molar-refractivity contribution < 1.29 is 4.79 Å². The number of hydrogen-bond acceptors (Lipinski definition) is 3. The molecule has 0 bridgehead atoms. The van der Waals surface area contributed by atoms with E-state index < -0.39 is 0 Å². The van der Waals surface area contributed by atoms with E-state index in [0.29, 0.717) is 12.3 Å². The molecular formula is C14H20N2O. The second-order valence-electron chi connectivity index (χ2n) is 4.89. The Morgan fingerprint density at radius 2 is 1.88 bits per heavy atom. The van der Waals surface area contributed by atoms with E-state index >= 15 is 0 Å². The van der Waals surface area contributed by atoms with Gasteiger partial charge in [0.15, 0.2) is 0 Å². The Morgan fingerprint density at radius 3 is 2.53 bits per heavy atom. The lowest BCUT2D eigenvalue weighted by Gasteiger charge is -2.35. The standard InChI is InChI=1S/C14H20N2O/c1-11(6-9-17)12-4-5-13-14(10-12)16(3)8-7-15(13)2/h4-5,9-11H,6-8H2,1-3H3. The number of anilines is 2. The van der Waals surface area contributed by atoms with Crippen molar-refractivity contribution in [3.8, 4) is 0 Å². The first kappa shape index (κ1) is 12.0. The van der Waals surface area contributed by atoms with Crippen LogP contribution in [0.2, 0.25) is 0 Å². The molecule has 17 heavy (non-hydrogen) atoms. The van der Waals surface area contributed by atoms with E-state index in [9.17, 15) is 4.79 Å². The minimum absolute atomic E-state index is 0.304. The molecule has 3 nitrogen and oxygen atoms in total. The normalized spacial score (nSPS) is 16.6.